The van der Waals surface area contributed by atoms with E-state index in [-0.39, 0.29) is 18.4 Å². The summed E-state index contributed by atoms with van der Waals surface area (Å²) in [6.45, 7) is 1.86. The Morgan fingerprint density at radius 1 is 0.903 bits per heavy atom. The lowest BCUT2D eigenvalue weighted by molar-refractivity contribution is -0.122. The maximum Gasteiger partial charge on any atom is 0.273 e. The highest BCUT2D eigenvalue weighted by atomic mass is 16.2. The Labute approximate surface area is 179 Å². The second kappa shape index (κ2) is 8.10. The molecule has 3 heterocycles. The van der Waals surface area contributed by atoms with Gasteiger partial charge in [0.25, 0.3) is 11.8 Å². The molecule has 7 heteroatoms. The van der Waals surface area contributed by atoms with Crippen molar-refractivity contribution in [3.8, 4) is 0 Å². The van der Waals surface area contributed by atoms with Crippen molar-refractivity contribution in [3.63, 3.8) is 0 Å². The number of carbonyl (C=O) groups is 2. The zero-order valence-corrected chi connectivity index (χ0v) is 17.0. The Balaban J connectivity index is 1.33. The number of amides is 2. The fourth-order valence-corrected chi connectivity index (χ4v) is 4.11. The number of pyridine rings is 1. The summed E-state index contributed by atoms with van der Waals surface area (Å²) in [5.74, 6) is -0.00334. The molecule has 0 spiro atoms. The maximum absolute atomic E-state index is 13.0. The molecular weight excluding hydrogens is 390 g/mol. The fourth-order valence-electron chi connectivity index (χ4n) is 4.11. The molecule has 0 atom stereocenters. The van der Waals surface area contributed by atoms with Crippen LogP contribution in [0.15, 0.2) is 66.9 Å². The van der Waals surface area contributed by atoms with Gasteiger partial charge in [-0.25, -0.2) is 4.98 Å². The van der Waals surface area contributed by atoms with Crippen molar-refractivity contribution in [2.75, 3.05) is 18.0 Å². The van der Waals surface area contributed by atoms with Gasteiger partial charge in [0.15, 0.2) is 0 Å². The van der Waals surface area contributed by atoms with E-state index in [1.807, 2.05) is 71.4 Å². The number of carbonyl (C=O) groups excluding carboxylic acids is 2. The number of hydrogen-bond donors (Lipinski definition) is 2. The van der Waals surface area contributed by atoms with Gasteiger partial charge in [0.1, 0.15) is 12.4 Å². The van der Waals surface area contributed by atoms with Gasteiger partial charge in [0.05, 0.1) is 11.1 Å². The molecule has 0 aliphatic carbocycles. The first-order chi connectivity index (χ1) is 15.2. The van der Waals surface area contributed by atoms with Crippen molar-refractivity contribution in [1.29, 1.82) is 0 Å². The van der Waals surface area contributed by atoms with E-state index in [0.29, 0.717) is 11.4 Å². The summed E-state index contributed by atoms with van der Waals surface area (Å²) < 4.78 is 1.85. The minimum Gasteiger partial charge on any atom is -0.356 e. The predicted octanol–water partition coefficient (Wildman–Crippen LogP) is 3.25. The van der Waals surface area contributed by atoms with Gasteiger partial charge in [0, 0.05) is 30.2 Å². The molecule has 1 aliphatic rings. The molecular formula is C24H23N5O2. The van der Waals surface area contributed by atoms with Crippen LogP contribution in [0.3, 0.4) is 0 Å². The van der Waals surface area contributed by atoms with Crippen LogP contribution in [0.5, 0.6) is 0 Å². The molecule has 1 fully saturated rings. The van der Waals surface area contributed by atoms with E-state index in [1.165, 1.54) is 0 Å². The van der Waals surface area contributed by atoms with Crippen LogP contribution in [0, 0.1) is 0 Å². The highest BCUT2D eigenvalue weighted by Gasteiger charge is 2.22. The first-order valence-corrected chi connectivity index (χ1v) is 10.5. The van der Waals surface area contributed by atoms with Crippen LogP contribution in [0.2, 0.25) is 0 Å². The van der Waals surface area contributed by atoms with Crippen molar-refractivity contribution in [3.05, 3.63) is 72.4 Å². The fraction of sp³-hybridized carbons (Fsp3) is 0.208. The average Bonchev–Trinajstić information content (AvgIpc) is 3.47. The lowest BCUT2D eigenvalue weighted by Gasteiger charge is -2.20. The first kappa shape index (κ1) is 19.1. The highest BCUT2D eigenvalue weighted by molar-refractivity contribution is 6.03. The molecule has 156 valence electrons. The van der Waals surface area contributed by atoms with E-state index in [4.69, 9.17) is 4.98 Å². The SMILES string of the molecule is O=C(Cn1ccc2ccccc21)NNC(=O)c1cc2ccccc2nc1N1CCCC1. The van der Waals surface area contributed by atoms with Crippen molar-refractivity contribution in [1.82, 2.24) is 20.4 Å². The third-order valence-electron chi connectivity index (χ3n) is 5.66. The molecule has 7 nitrogen and oxygen atoms in total. The second-order valence-corrected chi connectivity index (χ2v) is 7.75. The van der Waals surface area contributed by atoms with Crippen LogP contribution >= 0.6 is 0 Å². The van der Waals surface area contributed by atoms with Crippen LogP contribution < -0.4 is 15.8 Å². The Morgan fingerprint density at radius 2 is 1.65 bits per heavy atom. The quantitative estimate of drug-likeness (QED) is 0.504. The number of rotatable bonds is 4. The Kier molecular flexibility index (Phi) is 5.00. The van der Waals surface area contributed by atoms with Crippen LogP contribution in [0.25, 0.3) is 21.8 Å². The van der Waals surface area contributed by atoms with Crippen LogP contribution in [0.4, 0.5) is 5.82 Å². The third kappa shape index (κ3) is 3.82. The summed E-state index contributed by atoms with van der Waals surface area (Å²) in [4.78, 5) is 32.3. The molecule has 2 amide bonds. The van der Waals surface area contributed by atoms with Gasteiger partial charge in [-0.2, -0.15) is 0 Å². The molecule has 4 aromatic rings. The van der Waals surface area contributed by atoms with E-state index >= 15 is 0 Å². The van der Waals surface area contributed by atoms with Crippen LogP contribution in [0.1, 0.15) is 23.2 Å². The largest absolute Gasteiger partial charge is 0.356 e. The normalized spacial score (nSPS) is 13.6. The number of hydrazine groups is 1. The summed E-state index contributed by atoms with van der Waals surface area (Å²) >= 11 is 0. The van der Waals surface area contributed by atoms with Crippen molar-refractivity contribution < 1.29 is 9.59 Å². The van der Waals surface area contributed by atoms with Gasteiger partial charge in [-0.1, -0.05) is 36.4 Å². The summed E-state index contributed by atoms with van der Waals surface area (Å²) in [6.07, 6.45) is 4.03. The van der Waals surface area contributed by atoms with Gasteiger partial charge in [-0.05, 0) is 42.5 Å². The third-order valence-corrected chi connectivity index (χ3v) is 5.66. The first-order valence-electron chi connectivity index (χ1n) is 10.5. The van der Waals surface area contributed by atoms with E-state index in [9.17, 15) is 9.59 Å². The van der Waals surface area contributed by atoms with Crippen molar-refractivity contribution in [2.45, 2.75) is 19.4 Å². The zero-order valence-electron chi connectivity index (χ0n) is 17.0. The number of fused-ring (bicyclic) bond motifs is 2. The monoisotopic (exact) mass is 413 g/mol. The molecule has 1 saturated heterocycles. The number of hydrogen-bond acceptors (Lipinski definition) is 4. The molecule has 2 aromatic carbocycles. The topological polar surface area (TPSA) is 79.3 Å². The van der Waals surface area contributed by atoms with Crippen molar-refractivity contribution >= 4 is 39.4 Å². The summed E-state index contributed by atoms with van der Waals surface area (Å²) in [5.41, 5.74) is 7.40. The number of para-hydroxylation sites is 2. The minimum atomic E-state index is -0.370. The Bertz CT molecular complexity index is 1270. The predicted molar refractivity (Wildman–Crippen MR) is 121 cm³/mol. The van der Waals surface area contributed by atoms with Crippen molar-refractivity contribution in [2.24, 2.45) is 0 Å². The zero-order chi connectivity index (χ0) is 21.2. The number of anilines is 1. The van der Waals surface area contributed by atoms with Gasteiger partial charge in [-0.15, -0.1) is 0 Å². The molecule has 0 unspecified atom stereocenters. The lowest BCUT2D eigenvalue weighted by atomic mass is 10.1. The highest BCUT2D eigenvalue weighted by Crippen LogP contribution is 2.26. The van der Waals surface area contributed by atoms with Gasteiger partial charge < -0.3 is 9.47 Å². The molecule has 2 N–H and O–H groups in total. The Hall–Kier alpha value is -3.87. The van der Waals surface area contributed by atoms with E-state index in [1.54, 1.807) is 0 Å². The smallest absolute Gasteiger partial charge is 0.273 e. The van der Waals surface area contributed by atoms with Gasteiger partial charge >= 0.3 is 0 Å². The molecule has 0 saturated carbocycles. The average molecular weight is 413 g/mol. The maximum atomic E-state index is 13.0. The number of aromatic nitrogens is 2. The van der Waals surface area contributed by atoms with Gasteiger partial charge in [0.2, 0.25) is 0 Å². The molecule has 1 aliphatic heterocycles. The number of nitrogens with one attached hydrogen (secondary N) is 2. The van der Waals surface area contributed by atoms with Gasteiger partial charge in [-0.3, -0.25) is 20.4 Å². The Morgan fingerprint density at radius 3 is 2.48 bits per heavy atom. The number of nitrogens with zero attached hydrogens (tertiary/aromatic N) is 3. The van der Waals surface area contributed by atoms with E-state index in [2.05, 4.69) is 15.8 Å². The summed E-state index contributed by atoms with van der Waals surface area (Å²) in [7, 11) is 0. The van der Waals surface area contributed by atoms with E-state index < -0.39 is 0 Å². The lowest BCUT2D eigenvalue weighted by Crippen LogP contribution is -2.43. The minimum absolute atomic E-state index is 0.114. The molecule has 0 bridgehead atoms. The number of benzene rings is 2. The summed E-state index contributed by atoms with van der Waals surface area (Å²) in [5, 5.41) is 1.96. The molecule has 5 rings (SSSR count). The van der Waals surface area contributed by atoms with Crippen LogP contribution in [-0.4, -0.2) is 34.5 Å². The molecule has 2 aromatic heterocycles. The second-order valence-electron chi connectivity index (χ2n) is 7.75. The summed E-state index contributed by atoms with van der Waals surface area (Å²) in [6, 6.07) is 19.4. The molecule has 0 radical (unpaired) electrons. The van der Waals surface area contributed by atoms with E-state index in [0.717, 1.165) is 47.7 Å². The molecule has 31 heavy (non-hydrogen) atoms. The van der Waals surface area contributed by atoms with Crippen LogP contribution in [-0.2, 0) is 11.3 Å². The standard InChI is InChI=1S/C24H23N5O2/c30-22(16-29-14-11-17-7-2-4-10-21(17)29)26-27-24(31)19-15-18-8-1-3-9-20(18)25-23(19)28-12-5-6-13-28/h1-4,7-11,14-15H,5-6,12-13,16H2,(H,26,30)(H,27,31).